The van der Waals surface area contributed by atoms with Crippen LogP contribution in [0.2, 0.25) is 10.0 Å². The van der Waals surface area contributed by atoms with Crippen molar-refractivity contribution in [1.29, 1.82) is 0 Å². The molecule has 2 atom stereocenters. The lowest BCUT2D eigenvalue weighted by molar-refractivity contribution is -0.134. The molecule has 6 nitrogen and oxygen atoms in total. The lowest BCUT2D eigenvalue weighted by Crippen LogP contribution is -2.53. The summed E-state index contributed by atoms with van der Waals surface area (Å²) in [5.74, 6) is -0.213. The second-order valence-electron chi connectivity index (χ2n) is 9.01. The standard InChI is InChI=1S/C26H24BrCl2N3O3S/c27-19-7-3-8-20(14-19)30-21-11-12-31(16-21)26(33)24-13-17-5-1-2-6-18(17)15-32(24)36(34,35)25-22(28)9-4-10-23(25)29/h1-10,14,21,24,30H,11-13,15-16H2. The van der Waals surface area contributed by atoms with Crippen molar-refractivity contribution in [1.82, 2.24) is 9.21 Å². The van der Waals surface area contributed by atoms with Gasteiger partial charge in [-0.05, 0) is 54.3 Å². The van der Waals surface area contributed by atoms with Crippen molar-refractivity contribution in [2.45, 2.75) is 36.4 Å². The van der Waals surface area contributed by atoms with Gasteiger partial charge in [0, 0.05) is 35.8 Å². The Balaban J connectivity index is 1.43. The first-order chi connectivity index (χ1) is 17.2. The van der Waals surface area contributed by atoms with E-state index >= 15 is 0 Å². The number of sulfonamides is 1. The first-order valence-corrected chi connectivity index (χ1v) is 14.6. The van der Waals surface area contributed by atoms with E-state index in [1.807, 2.05) is 48.5 Å². The molecule has 3 aromatic carbocycles. The topological polar surface area (TPSA) is 69.7 Å². The summed E-state index contributed by atoms with van der Waals surface area (Å²) in [4.78, 5) is 15.4. The van der Waals surface area contributed by atoms with E-state index in [4.69, 9.17) is 23.2 Å². The lowest BCUT2D eigenvalue weighted by Gasteiger charge is -2.37. The first kappa shape index (κ1) is 25.5. The molecule has 0 aromatic heterocycles. The molecule has 188 valence electrons. The Morgan fingerprint density at radius 1 is 0.972 bits per heavy atom. The Morgan fingerprint density at radius 3 is 2.39 bits per heavy atom. The Bertz CT molecular complexity index is 1400. The molecular weight excluding hydrogens is 585 g/mol. The number of anilines is 1. The van der Waals surface area contributed by atoms with Crippen LogP contribution in [0.4, 0.5) is 5.69 Å². The molecule has 2 heterocycles. The number of rotatable bonds is 5. The Morgan fingerprint density at radius 2 is 1.67 bits per heavy atom. The summed E-state index contributed by atoms with van der Waals surface area (Å²) in [6.07, 6.45) is 1.06. The van der Waals surface area contributed by atoms with Crippen LogP contribution < -0.4 is 5.32 Å². The zero-order valence-electron chi connectivity index (χ0n) is 19.2. The Hall–Kier alpha value is -2.10. The van der Waals surface area contributed by atoms with Gasteiger partial charge in [0.2, 0.25) is 15.9 Å². The summed E-state index contributed by atoms with van der Waals surface area (Å²) < 4.78 is 30.0. The number of fused-ring (bicyclic) bond motifs is 1. The molecule has 0 bridgehead atoms. The fourth-order valence-electron chi connectivity index (χ4n) is 4.91. The van der Waals surface area contributed by atoms with E-state index in [2.05, 4.69) is 21.2 Å². The van der Waals surface area contributed by atoms with E-state index in [1.54, 1.807) is 11.0 Å². The number of carbonyl (C=O) groups excluding carboxylic acids is 1. The van der Waals surface area contributed by atoms with Gasteiger partial charge in [0.1, 0.15) is 10.9 Å². The van der Waals surface area contributed by atoms with Crippen molar-refractivity contribution in [2.24, 2.45) is 0 Å². The van der Waals surface area contributed by atoms with Gasteiger partial charge in [-0.15, -0.1) is 0 Å². The van der Waals surface area contributed by atoms with Crippen molar-refractivity contribution < 1.29 is 13.2 Å². The highest BCUT2D eigenvalue weighted by Gasteiger charge is 2.43. The number of hydrogen-bond acceptors (Lipinski definition) is 4. The zero-order valence-corrected chi connectivity index (χ0v) is 23.1. The van der Waals surface area contributed by atoms with Crippen LogP contribution in [0.25, 0.3) is 0 Å². The summed E-state index contributed by atoms with van der Waals surface area (Å²) in [5.41, 5.74) is 2.80. The number of halogens is 3. The third-order valence-corrected chi connectivity index (χ3v) is 9.98. The molecule has 0 radical (unpaired) electrons. The van der Waals surface area contributed by atoms with E-state index in [-0.39, 0.29) is 39.9 Å². The molecule has 1 fully saturated rings. The summed E-state index contributed by atoms with van der Waals surface area (Å²) in [7, 11) is -4.16. The highest BCUT2D eigenvalue weighted by atomic mass is 79.9. The fraction of sp³-hybridized carbons (Fsp3) is 0.269. The maximum Gasteiger partial charge on any atom is 0.247 e. The molecule has 0 spiro atoms. The van der Waals surface area contributed by atoms with Crippen LogP contribution in [0.15, 0.2) is 76.1 Å². The average molecular weight is 609 g/mol. The van der Waals surface area contributed by atoms with Gasteiger partial charge in [0.05, 0.1) is 10.0 Å². The van der Waals surface area contributed by atoms with Gasteiger partial charge in [0.25, 0.3) is 0 Å². The summed E-state index contributed by atoms with van der Waals surface area (Å²) >= 11 is 16.1. The molecular formula is C26H24BrCl2N3O3S. The monoisotopic (exact) mass is 607 g/mol. The number of hydrogen-bond donors (Lipinski definition) is 1. The highest BCUT2D eigenvalue weighted by molar-refractivity contribution is 9.10. The largest absolute Gasteiger partial charge is 0.380 e. The van der Waals surface area contributed by atoms with Crippen molar-refractivity contribution >= 4 is 60.7 Å². The number of benzene rings is 3. The molecule has 1 saturated heterocycles. The maximum atomic E-state index is 13.9. The third kappa shape index (κ3) is 5.02. The predicted molar refractivity (Wildman–Crippen MR) is 146 cm³/mol. The van der Waals surface area contributed by atoms with Crippen LogP contribution in [0.3, 0.4) is 0 Å². The molecule has 36 heavy (non-hydrogen) atoms. The molecule has 10 heteroatoms. The second kappa shape index (κ2) is 10.3. The molecule has 2 unspecified atom stereocenters. The maximum absolute atomic E-state index is 13.9. The third-order valence-electron chi connectivity index (χ3n) is 6.67. The summed E-state index contributed by atoms with van der Waals surface area (Å²) in [6, 6.07) is 19.3. The van der Waals surface area contributed by atoms with E-state index in [0.717, 1.165) is 27.7 Å². The van der Waals surface area contributed by atoms with E-state index in [0.29, 0.717) is 13.1 Å². The van der Waals surface area contributed by atoms with Crippen LogP contribution in [0.1, 0.15) is 17.5 Å². The zero-order chi connectivity index (χ0) is 25.4. The minimum atomic E-state index is -4.16. The molecule has 1 amide bonds. The average Bonchev–Trinajstić information content (AvgIpc) is 3.31. The van der Waals surface area contributed by atoms with Gasteiger partial charge >= 0.3 is 0 Å². The van der Waals surface area contributed by atoms with E-state index in [1.165, 1.54) is 16.4 Å². The molecule has 0 saturated carbocycles. The number of likely N-dealkylation sites (tertiary alicyclic amines) is 1. The van der Waals surface area contributed by atoms with E-state index in [9.17, 15) is 13.2 Å². The molecule has 0 aliphatic carbocycles. The van der Waals surface area contributed by atoms with Crippen molar-refractivity contribution in [3.05, 3.63) is 92.4 Å². The van der Waals surface area contributed by atoms with Gasteiger partial charge in [-0.1, -0.05) is 75.5 Å². The van der Waals surface area contributed by atoms with Gasteiger partial charge in [-0.2, -0.15) is 4.31 Å². The van der Waals surface area contributed by atoms with Crippen LogP contribution >= 0.6 is 39.1 Å². The van der Waals surface area contributed by atoms with Crippen LogP contribution in [-0.4, -0.2) is 48.7 Å². The van der Waals surface area contributed by atoms with Crippen LogP contribution in [0.5, 0.6) is 0 Å². The van der Waals surface area contributed by atoms with Gasteiger partial charge in [0.15, 0.2) is 0 Å². The molecule has 2 aliphatic heterocycles. The van der Waals surface area contributed by atoms with Crippen LogP contribution in [0, 0.1) is 0 Å². The van der Waals surface area contributed by atoms with Gasteiger partial charge in [-0.25, -0.2) is 8.42 Å². The van der Waals surface area contributed by atoms with E-state index < -0.39 is 16.1 Å². The predicted octanol–water partition coefficient (Wildman–Crippen LogP) is 5.58. The lowest BCUT2D eigenvalue weighted by atomic mass is 9.95. The number of nitrogens with one attached hydrogen (secondary N) is 1. The normalized spacial score (nSPS) is 20.2. The minimum Gasteiger partial charge on any atom is -0.380 e. The number of nitrogens with zero attached hydrogens (tertiary/aromatic N) is 2. The van der Waals surface area contributed by atoms with Crippen LogP contribution in [-0.2, 0) is 27.8 Å². The van der Waals surface area contributed by atoms with Crippen molar-refractivity contribution in [2.75, 3.05) is 18.4 Å². The Labute approximate surface area is 229 Å². The first-order valence-electron chi connectivity index (χ1n) is 11.6. The molecule has 5 rings (SSSR count). The summed E-state index contributed by atoms with van der Waals surface area (Å²) in [5, 5.41) is 3.55. The van der Waals surface area contributed by atoms with Crippen molar-refractivity contribution in [3.63, 3.8) is 0 Å². The van der Waals surface area contributed by atoms with Gasteiger partial charge < -0.3 is 10.2 Å². The minimum absolute atomic E-state index is 0.0343. The fourth-order valence-corrected chi connectivity index (χ4v) is 7.97. The second-order valence-corrected chi connectivity index (χ2v) is 12.6. The summed E-state index contributed by atoms with van der Waals surface area (Å²) in [6.45, 7) is 1.11. The number of amides is 1. The number of carbonyl (C=O) groups is 1. The molecule has 2 aliphatic rings. The smallest absolute Gasteiger partial charge is 0.247 e. The highest BCUT2D eigenvalue weighted by Crippen LogP contribution is 2.36. The SMILES string of the molecule is O=C(C1Cc2ccccc2CN1S(=O)(=O)c1c(Cl)cccc1Cl)N1CCC(Nc2cccc(Br)c2)C1. The molecule has 3 aromatic rings. The Kier molecular flexibility index (Phi) is 7.34. The quantitative estimate of drug-likeness (QED) is 0.410. The van der Waals surface area contributed by atoms with Crippen molar-refractivity contribution in [3.8, 4) is 0 Å². The molecule has 1 N–H and O–H groups in total. The van der Waals surface area contributed by atoms with Gasteiger partial charge in [-0.3, -0.25) is 4.79 Å².